The highest BCUT2D eigenvalue weighted by Gasteiger charge is 2.22. The Labute approximate surface area is 89.6 Å². The van der Waals surface area contributed by atoms with Gasteiger partial charge in [-0.1, -0.05) is 0 Å². The van der Waals surface area contributed by atoms with Crippen molar-refractivity contribution in [2.45, 2.75) is 31.5 Å². The van der Waals surface area contributed by atoms with Gasteiger partial charge in [-0.15, -0.1) is 0 Å². The molecule has 0 aromatic rings. The smallest absolute Gasteiger partial charge is 0.306 e. The van der Waals surface area contributed by atoms with Crippen LogP contribution in [0.1, 0.15) is 19.3 Å². The average Bonchev–Trinajstić information content (AvgIpc) is 2.16. The molecule has 2 N–H and O–H groups in total. The lowest BCUT2D eigenvalue weighted by atomic mass is 10.1. The molecule has 2 atom stereocenters. The molecule has 0 aromatic carbocycles. The van der Waals surface area contributed by atoms with Crippen molar-refractivity contribution in [3.8, 4) is 0 Å². The third-order valence-corrected chi connectivity index (χ3v) is 2.67. The van der Waals surface area contributed by atoms with Crippen LogP contribution in [0.15, 0.2) is 0 Å². The molecule has 5 heteroatoms. The number of carboxylic acid groups (broad SMARTS) is 1. The van der Waals surface area contributed by atoms with Crippen molar-refractivity contribution in [3.05, 3.63) is 0 Å². The molecule has 5 nitrogen and oxygen atoms in total. The van der Waals surface area contributed by atoms with Crippen LogP contribution < -0.4 is 0 Å². The molecule has 1 heterocycles. The fourth-order valence-electron chi connectivity index (χ4n) is 1.94. The number of carboxylic acids is 1. The fraction of sp³-hybridized carbons (Fsp3) is 0.900. The zero-order valence-corrected chi connectivity index (χ0v) is 9.06. The van der Waals surface area contributed by atoms with Gasteiger partial charge in [0.15, 0.2) is 0 Å². The van der Waals surface area contributed by atoms with Crippen LogP contribution in [0.3, 0.4) is 0 Å². The van der Waals surface area contributed by atoms with Crippen molar-refractivity contribution in [2.24, 2.45) is 0 Å². The number of aliphatic hydroxyl groups excluding tert-OH is 1. The molecule has 1 saturated heterocycles. The summed E-state index contributed by atoms with van der Waals surface area (Å²) in [6.45, 7) is 2.12. The maximum absolute atomic E-state index is 10.4. The van der Waals surface area contributed by atoms with Gasteiger partial charge in [0, 0.05) is 20.2 Å². The van der Waals surface area contributed by atoms with E-state index in [1.807, 2.05) is 0 Å². The van der Waals surface area contributed by atoms with Gasteiger partial charge in [-0.25, -0.2) is 0 Å². The number of rotatable bonds is 5. The van der Waals surface area contributed by atoms with Crippen molar-refractivity contribution in [2.75, 3.05) is 26.7 Å². The zero-order valence-electron chi connectivity index (χ0n) is 9.06. The van der Waals surface area contributed by atoms with Crippen molar-refractivity contribution in [1.29, 1.82) is 0 Å². The summed E-state index contributed by atoms with van der Waals surface area (Å²) in [4.78, 5) is 12.4. The van der Waals surface area contributed by atoms with Crippen molar-refractivity contribution in [1.82, 2.24) is 4.90 Å². The Balaban J connectivity index is 2.27. The molecule has 0 amide bonds. The highest BCUT2D eigenvalue weighted by Crippen LogP contribution is 2.13. The van der Waals surface area contributed by atoms with Crippen LogP contribution in [0.25, 0.3) is 0 Å². The lowest BCUT2D eigenvalue weighted by molar-refractivity contribution is -0.139. The Morgan fingerprint density at radius 2 is 2.40 bits per heavy atom. The van der Waals surface area contributed by atoms with Crippen LogP contribution in [0.5, 0.6) is 0 Å². The molecule has 0 spiro atoms. The van der Waals surface area contributed by atoms with Gasteiger partial charge in [-0.2, -0.15) is 0 Å². The second kappa shape index (κ2) is 6.05. The summed E-state index contributed by atoms with van der Waals surface area (Å²) in [5.74, 6) is -0.956. The topological polar surface area (TPSA) is 70.0 Å². The molecule has 88 valence electrons. The van der Waals surface area contributed by atoms with Gasteiger partial charge in [-0.3, -0.25) is 9.69 Å². The maximum Gasteiger partial charge on any atom is 0.306 e. The largest absolute Gasteiger partial charge is 0.481 e. The van der Waals surface area contributed by atoms with Crippen LogP contribution in [0.4, 0.5) is 0 Å². The highest BCUT2D eigenvalue weighted by molar-refractivity contribution is 5.67. The minimum Gasteiger partial charge on any atom is -0.481 e. The number of β-amino-alcohol motifs (C(OH)–C–C–N with tert-alkyl or cyclic N) is 1. The van der Waals surface area contributed by atoms with Gasteiger partial charge >= 0.3 is 5.97 Å². The van der Waals surface area contributed by atoms with Gasteiger partial charge in [-0.05, 0) is 19.4 Å². The number of likely N-dealkylation sites (tertiary alicyclic amines) is 1. The maximum atomic E-state index is 10.4. The van der Waals surface area contributed by atoms with Crippen molar-refractivity contribution in [3.63, 3.8) is 0 Å². The van der Waals surface area contributed by atoms with E-state index in [0.717, 1.165) is 25.9 Å². The number of methoxy groups -OCH3 is 1. The molecule has 2 unspecified atom stereocenters. The van der Waals surface area contributed by atoms with E-state index < -0.39 is 12.1 Å². The molecule has 15 heavy (non-hydrogen) atoms. The minimum absolute atomic E-state index is 0.186. The van der Waals surface area contributed by atoms with Crippen LogP contribution in [0.2, 0.25) is 0 Å². The molecule has 1 fully saturated rings. The summed E-state index contributed by atoms with van der Waals surface area (Å²) >= 11 is 0. The number of piperidine rings is 1. The summed E-state index contributed by atoms with van der Waals surface area (Å²) < 4.78 is 5.24. The average molecular weight is 217 g/mol. The third kappa shape index (κ3) is 4.59. The monoisotopic (exact) mass is 217 g/mol. The van der Waals surface area contributed by atoms with Crippen LogP contribution >= 0.6 is 0 Å². The van der Waals surface area contributed by atoms with Crippen LogP contribution in [-0.2, 0) is 9.53 Å². The van der Waals surface area contributed by atoms with Gasteiger partial charge in [0.05, 0.1) is 18.6 Å². The first-order valence-corrected chi connectivity index (χ1v) is 5.27. The van der Waals surface area contributed by atoms with Crippen molar-refractivity contribution >= 4 is 5.97 Å². The Kier molecular flexibility index (Phi) is 5.01. The molecular formula is C10H19NO4. The van der Waals surface area contributed by atoms with E-state index in [2.05, 4.69) is 4.90 Å². The first kappa shape index (κ1) is 12.4. The normalized spacial score (nSPS) is 25.1. The predicted molar refractivity (Wildman–Crippen MR) is 54.7 cm³/mol. The molecule has 0 saturated carbocycles. The Hall–Kier alpha value is -0.650. The Morgan fingerprint density at radius 3 is 3.00 bits per heavy atom. The van der Waals surface area contributed by atoms with E-state index in [4.69, 9.17) is 9.84 Å². The minimum atomic E-state index is -0.956. The lowest BCUT2D eigenvalue weighted by Crippen LogP contribution is -2.43. The molecule has 0 radical (unpaired) electrons. The van der Waals surface area contributed by atoms with E-state index in [-0.39, 0.29) is 12.5 Å². The standard InChI is InChI=1S/C10H19NO4/c1-15-9-3-2-4-11(7-9)6-8(12)5-10(13)14/h8-9,12H,2-7H2,1H3,(H,13,14). The lowest BCUT2D eigenvalue weighted by Gasteiger charge is -2.32. The molecule has 0 bridgehead atoms. The summed E-state index contributed by atoms with van der Waals surface area (Å²) in [7, 11) is 1.68. The summed E-state index contributed by atoms with van der Waals surface area (Å²) in [5, 5.41) is 18.0. The van der Waals surface area contributed by atoms with E-state index >= 15 is 0 Å². The Morgan fingerprint density at radius 1 is 1.67 bits per heavy atom. The number of hydrogen-bond donors (Lipinski definition) is 2. The first-order valence-electron chi connectivity index (χ1n) is 5.27. The molecule has 0 aromatic heterocycles. The van der Waals surface area contributed by atoms with E-state index in [1.165, 1.54) is 0 Å². The molecular weight excluding hydrogens is 198 g/mol. The van der Waals surface area contributed by atoms with E-state index in [9.17, 15) is 9.90 Å². The Bertz CT molecular complexity index is 210. The highest BCUT2D eigenvalue weighted by atomic mass is 16.5. The molecule has 1 aliphatic rings. The molecule has 1 rings (SSSR count). The SMILES string of the molecule is COC1CCCN(CC(O)CC(=O)O)C1. The zero-order chi connectivity index (χ0) is 11.3. The second-order valence-corrected chi connectivity index (χ2v) is 4.01. The number of aliphatic hydroxyl groups is 1. The van der Waals surface area contributed by atoms with Gasteiger partial charge in [0.1, 0.15) is 0 Å². The number of aliphatic carboxylic acids is 1. The van der Waals surface area contributed by atoms with E-state index in [0.29, 0.717) is 6.54 Å². The fourth-order valence-corrected chi connectivity index (χ4v) is 1.94. The first-order chi connectivity index (χ1) is 7.11. The van der Waals surface area contributed by atoms with Gasteiger partial charge in [0.2, 0.25) is 0 Å². The van der Waals surface area contributed by atoms with E-state index in [1.54, 1.807) is 7.11 Å². The second-order valence-electron chi connectivity index (χ2n) is 4.01. The predicted octanol–water partition coefficient (Wildman–Crippen LogP) is -0.0672. The molecule has 1 aliphatic heterocycles. The number of carbonyl (C=O) groups is 1. The van der Waals surface area contributed by atoms with Crippen molar-refractivity contribution < 1.29 is 19.7 Å². The van der Waals surface area contributed by atoms with Crippen LogP contribution in [0, 0.1) is 0 Å². The third-order valence-electron chi connectivity index (χ3n) is 2.67. The summed E-state index contributed by atoms with van der Waals surface area (Å²) in [6.07, 6.45) is 1.34. The number of hydrogen-bond acceptors (Lipinski definition) is 4. The summed E-state index contributed by atoms with van der Waals surface area (Å²) in [5.41, 5.74) is 0. The molecule has 0 aliphatic carbocycles. The number of ether oxygens (including phenoxy) is 1. The quantitative estimate of drug-likeness (QED) is 0.674. The van der Waals surface area contributed by atoms with Gasteiger partial charge < -0.3 is 14.9 Å². The number of nitrogens with zero attached hydrogens (tertiary/aromatic N) is 1. The van der Waals surface area contributed by atoms with Gasteiger partial charge in [0.25, 0.3) is 0 Å². The van der Waals surface area contributed by atoms with Crippen LogP contribution in [-0.4, -0.2) is 60.0 Å². The summed E-state index contributed by atoms with van der Waals surface area (Å²) in [6, 6.07) is 0.